The fourth-order valence-electron chi connectivity index (χ4n) is 3.13. The maximum Gasteiger partial charge on any atom is 0.225 e. The first kappa shape index (κ1) is 14.4. The van der Waals surface area contributed by atoms with Gasteiger partial charge in [-0.15, -0.1) is 0 Å². The number of hydrogen-bond acceptors (Lipinski definition) is 4. The van der Waals surface area contributed by atoms with Gasteiger partial charge in [0, 0.05) is 43.5 Å². The third-order valence-electron chi connectivity index (χ3n) is 4.55. The van der Waals surface area contributed by atoms with Gasteiger partial charge in [0.2, 0.25) is 5.91 Å². The molecule has 0 aromatic carbocycles. The number of carbonyl (C=O) groups excluding carboxylic acids is 1. The van der Waals surface area contributed by atoms with E-state index in [1.165, 1.54) is 0 Å². The van der Waals surface area contributed by atoms with Gasteiger partial charge in [0.1, 0.15) is 0 Å². The van der Waals surface area contributed by atoms with Crippen LogP contribution in [0.1, 0.15) is 50.0 Å². The molecule has 21 heavy (non-hydrogen) atoms. The van der Waals surface area contributed by atoms with Gasteiger partial charge in [0.15, 0.2) is 0 Å². The molecule has 0 radical (unpaired) electrons. The number of aromatic nitrogens is 2. The molecule has 114 valence electrons. The molecule has 2 fully saturated rings. The van der Waals surface area contributed by atoms with E-state index in [1.54, 1.807) is 12.4 Å². The van der Waals surface area contributed by atoms with Crippen molar-refractivity contribution >= 4 is 5.91 Å². The molecule has 1 aliphatic carbocycles. The topological polar surface area (TPSA) is 58.1 Å². The zero-order valence-electron chi connectivity index (χ0n) is 12.9. The summed E-state index contributed by atoms with van der Waals surface area (Å²) in [4.78, 5) is 22.8. The van der Waals surface area contributed by atoms with Crippen LogP contribution in [-0.2, 0) is 4.79 Å². The van der Waals surface area contributed by atoms with Gasteiger partial charge in [-0.1, -0.05) is 0 Å². The molecule has 1 aromatic heterocycles. The lowest BCUT2D eigenvalue weighted by Gasteiger charge is -2.34. The maximum atomic E-state index is 12.0. The second-order valence-electron chi connectivity index (χ2n) is 6.29. The van der Waals surface area contributed by atoms with E-state index in [2.05, 4.69) is 22.2 Å². The standard InChI is InChI=1S/C16H24N4O/c1-11-15(18-8-7-17-11)12(2)19-14-5-9-20(10-6-14)16(21)13-3-4-13/h7-8,12-14,19H,3-6,9-10H2,1-2H3. The van der Waals surface area contributed by atoms with Crippen LogP contribution in [0, 0.1) is 12.8 Å². The third kappa shape index (κ3) is 3.40. The highest BCUT2D eigenvalue weighted by molar-refractivity contribution is 5.81. The zero-order chi connectivity index (χ0) is 14.8. The minimum absolute atomic E-state index is 0.203. The van der Waals surface area contributed by atoms with E-state index in [0.29, 0.717) is 17.9 Å². The molecule has 2 heterocycles. The molecule has 3 rings (SSSR count). The lowest BCUT2D eigenvalue weighted by atomic mass is 10.0. The normalized spacial score (nSPS) is 21.3. The Kier molecular flexibility index (Phi) is 4.19. The van der Waals surface area contributed by atoms with Crippen molar-refractivity contribution in [3.8, 4) is 0 Å². The number of carbonyl (C=O) groups is 1. The summed E-state index contributed by atoms with van der Waals surface area (Å²) in [5.74, 6) is 0.724. The summed E-state index contributed by atoms with van der Waals surface area (Å²) in [5.41, 5.74) is 2.01. The van der Waals surface area contributed by atoms with Crippen LogP contribution >= 0.6 is 0 Å². The Balaban J connectivity index is 1.51. The molecule has 1 N–H and O–H groups in total. The molecule has 1 aromatic rings. The first-order valence-electron chi connectivity index (χ1n) is 7.97. The van der Waals surface area contributed by atoms with Crippen LogP contribution in [0.2, 0.25) is 0 Å². The molecule has 1 amide bonds. The number of aryl methyl sites for hydroxylation is 1. The van der Waals surface area contributed by atoms with Gasteiger partial charge in [-0.05, 0) is 39.5 Å². The lowest BCUT2D eigenvalue weighted by molar-refractivity contribution is -0.133. The molecule has 1 atom stereocenters. The summed E-state index contributed by atoms with van der Waals surface area (Å²) in [6.07, 6.45) is 7.73. The Labute approximate surface area is 126 Å². The molecule has 5 nitrogen and oxygen atoms in total. The van der Waals surface area contributed by atoms with Crippen LogP contribution in [0.25, 0.3) is 0 Å². The number of amides is 1. The van der Waals surface area contributed by atoms with Crippen molar-refractivity contribution < 1.29 is 4.79 Å². The Morgan fingerprint density at radius 1 is 1.24 bits per heavy atom. The van der Waals surface area contributed by atoms with Crippen LogP contribution < -0.4 is 5.32 Å². The highest BCUT2D eigenvalue weighted by Crippen LogP contribution is 2.32. The highest BCUT2D eigenvalue weighted by atomic mass is 16.2. The molecular weight excluding hydrogens is 264 g/mol. The second kappa shape index (κ2) is 6.10. The molecule has 0 bridgehead atoms. The summed E-state index contributed by atoms with van der Waals surface area (Å²) in [6, 6.07) is 0.666. The predicted molar refractivity (Wildman–Crippen MR) is 80.6 cm³/mol. The van der Waals surface area contributed by atoms with Gasteiger partial charge in [-0.3, -0.25) is 14.8 Å². The van der Waals surface area contributed by atoms with Crippen molar-refractivity contribution in [1.29, 1.82) is 0 Å². The first-order valence-corrected chi connectivity index (χ1v) is 7.97. The largest absolute Gasteiger partial charge is 0.342 e. The average molecular weight is 288 g/mol. The summed E-state index contributed by atoms with van der Waals surface area (Å²) < 4.78 is 0. The van der Waals surface area contributed by atoms with E-state index in [-0.39, 0.29) is 6.04 Å². The van der Waals surface area contributed by atoms with Crippen molar-refractivity contribution in [3.63, 3.8) is 0 Å². The first-order chi connectivity index (χ1) is 10.1. The number of nitrogens with zero attached hydrogens (tertiary/aromatic N) is 3. The van der Waals surface area contributed by atoms with Gasteiger partial charge in [-0.2, -0.15) is 0 Å². The molecule has 1 aliphatic heterocycles. The van der Waals surface area contributed by atoms with Crippen molar-refractivity contribution in [2.75, 3.05) is 13.1 Å². The van der Waals surface area contributed by atoms with Crippen molar-refractivity contribution in [3.05, 3.63) is 23.8 Å². The number of hydrogen-bond donors (Lipinski definition) is 1. The monoisotopic (exact) mass is 288 g/mol. The van der Waals surface area contributed by atoms with Crippen LogP contribution in [-0.4, -0.2) is 39.9 Å². The second-order valence-corrected chi connectivity index (χ2v) is 6.29. The Morgan fingerprint density at radius 3 is 2.52 bits per heavy atom. The molecule has 1 saturated heterocycles. The maximum absolute atomic E-state index is 12.0. The number of piperidine rings is 1. The third-order valence-corrected chi connectivity index (χ3v) is 4.55. The van der Waals surface area contributed by atoms with Gasteiger partial charge >= 0.3 is 0 Å². The molecular formula is C16H24N4O. The molecule has 0 spiro atoms. The van der Waals surface area contributed by atoms with Crippen LogP contribution in [0.4, 0.5) is 0 Å². The molecule has 1 saturated carbocycles. The SMILES string of the molecule is Cc1nccnc1C(C)NC1CCN(C(=O)C2CC2)CC1. The predicted octanol–water partition coefficient (Wildman–Crippen LogP) is 1.84. The number of likely N-dealkylation sites (tertiary alicyclic amines) is 1. The molecule has 1 unspecified atom stereocenters. The fraction of sp³-hybridized carbons (Fsp3) is 0.688. The van der Waals surface area contributed by atoms with Crippen LogP contribution in [0.15, 0.2) is 12.4 Å². The van der Waals surface area contributed by atoms with Gasteiger partial charge in [0.25, 0.3) is 0 Å². The minimum Gasteiger partial charge on any atom is -0.342 e. The molecule has 5 heteroatoms. The van der Waals surface area contributed by atoms with Gasteiger partial charge < -0.3 is 10.2 Å². The van der Waals surface area contributed by atoms with Crippen LogP contribution in [0.3, 0.4) is 0 Å². The fourth-order valence-corrected chi connectivity index (χ4v) is 3.13. The Morgan fingerprint density at radius 2 is 1.90 bits per heavy atom. The van der Waals surface area contributed by atoms with Gasteiger partial charge in [0.05, 0.1) is 11.4 Å². The van der Waals surface area contributed by atoms with Crippen LogP contribution in [0.5, 0.6) is 0 Å². The average Bonchev–Trinajstić information content (AvgIpc) is 3.32. The molecule has 2 aliphatic rings. The van der Waals surface area contributed by atoms with Gasteiger partial charge in [-0.25, -0.2) is 0 Å². The summed E-state index contributed by atoms with van der Waals surface area (Å²) in [7, 11) is 0. The summed E-state index contributed by atoms with van der Waals surface area (Å²) >= 11 is 0. The minimum atomic E-state index is 0.203. The van der Waals surface area contributed by atoms with Crippen molar-refractivity contribution in [1.82, 2.24) is 20.2 Å². The highest BCUT2D eigenvalue weighted by Gasteiger charge is 2.35. The number of nitrogens with one attached hydrogen (secondary N) is 1. The smallest absolute Gasteiger partial charge is 0.225 e. The van der Waals surface area contributed by atoms with Crippen molar-refractivity contribution in [2.24, 2.45) is 5.92 Å². The number of rotatable bonds is 4. The summed E-state index contributed by atoms with van der Waals surface area (Å²) in [6.45, 7) is 5.91. The van der Waals surface area contributed by atoms with Crippen molar-refractivity contribution in [2.45, 2.75) is 51.6 Å². The van der Waals surface area contributed by atoms with E-state index in [0.717, 1.165) is 50.2 Å². The Bertz CT molecular complexity index is 507. The van der Waals surface area contributed by atoms with E-state index in [1.807, 2.05) is 11.8 Å². The van der Waals surface area contributed by atoms with E-state index >= 15 is 0 Å². The van der Waals surface area contributed by atoms with E-state index in [9.17, 15) is 4.79 Å². The zero-order valence-corrected chi connectivity index (χ0v) is 12.9. The Hall–Kier alpha value is -1.49. The summed E-state index contributed by atoms with van der Waals surface area (Å²) in [5, 5.41) is 3.64. The quantitative estimate of drug-likeness (QED) is 0.918. The lowest BCUT2D eigenvalue weighted by Crippen LogP contribution is -2.46. The van der Waals surface area contributed by atoms with E-state index < -0.39 is 0 Å². The van der Waals surface area contributed by atoms with E-state index in [4.69, 9.17) is 0 Å².